The van der Waals surface area contributed by atoms with E-state index >= 15 is 0 Å². The van der Waals surface area contributed by atoms with Crippen LogP contribution in [0.15, 0.2) is 47.6 Å². The van der Waals surface area contributed by atoms with Crippen molar-refractivity contribution < 1.29 is 9.53 Å². The third-order valence-electron chi connectivity index (χ3n) is 2.65. The van der Waals surface area contributed by atoms with E-state index in [9.17, 15) is 4.79 Å². The van der Waals surface area contributed by atoms with Gasteiger partial charge < -0.3 is 10.5 Å². The molecule has 0 radical (unpaired) electrons. The number of hydrogen-bond donors (Lipinski definition) is 3. The van der Waals surface area contributed by atoms with Crippen LogP contribution in [0.1, 0.15) is 10.4 Å². The minimum absolute atomic E-state index is 0.348. The lowest BCUT2D eigenvalue weighted by atomic mass is 10.2. The van der Waals surface area contributed by atoms with Gasteiger partial charge in [0, 0.05) is 22.4 Å². The van der Waals surface area contributed by atoms with Gasteiger partial charge in [-0.25, -0.2) is 5.84 Å². The third kappa shape index (κ3) is 4.37. The molecule has 0 saturated heterocycles. The summed E-state index contributed by atoms with van der Waals surface area (Å²) in [4.78, 5) is 16.3. The van der Waals surface area contributed by atoms with Crippen LogP contribution in [0, 0.1) is 0 Å². The second-order valence-corrected chi connectivity index (χ2v) is 5.25. The Morgan fingerprint density at radius 1 is 1.38 bits per heavy atom. The Balaban J connectivity index is 1.84. The van der Waals surface area contributed by atoms with Crippen LogP contribution in [0.5, 0.6) is 5.75 Å². The third-order valence-corrected chi connectivity index (χ3v) is 3.70. The maximum atomic E-state index is 11.4. The zero-order chi connectivity index (χ0) is 15.1. The fourth-order valence-corrected chi connectivity index (χ4v) is 2.41. The number of benzene rings is 1. The molecular weight excluding hydrogens is 288 g/mol. The summed E-state index contributed by atoms with van der Waals surface area (Å²) in [6.07, 6.45) is 3.33. The largest absolute Gasteiger partial charge is 0.493 e. The molecule has 0 saturated carbocycles. The first kappa shape index (κ1) is 15.1. The van der Waals surface area contributed by atoms with Crippen molar-refractivity contribution in [3.63, 3.8) is 0 Å². The Morgan fingerprint density at radius 3 is 3.00 bits per heavy atom. The molecule has 0 aliphatic heterocycles. The molecule has 1 aromatic carbocycles. The molecule has 2 aromatic rings. The van der Waals surface area contributed by atoms with E-state index in [0.29, 0.717) is 23.6 Å². The lowest BCUT2D eigenvalue weighted by molar-refractivity contribution is 0.0953. The number of nitrogen functional groups attached to an aromatic ring is 2. The van der Waals surface area contributed by atoms with Gasteiger partial charge in [-0.1, -0.05) is 6.07 Å². The average Bonchev–Trinajstić information content (AvgIpc) is 2.52. The van der Waals surface area contributed by atoms with Gasteiger partial charge in [-0.2, -0.15) is 0 Å². The second-order valence-electron chi connectivity index (χ2n) is 4.11. The van der Waals surface area contributed by atoms with Crippen LogP contribution in [0.3, 0.4) is 0 Å². The van der Waals surface area contributed by atoms with Crippen molar-refractivity contribution in [3.05, 3.63) is 48.3 Å². The topological polar surface area (TPSA) is 103 Å². The second kappa shape index (κ2) is 7.51. The van der Waals surface area contributed by atoms with Gasteiger partial charge in [-0.3, -0.25) is 15.2 Å². The van der Waals surface area contributed by atoms with Gasteiger partial charge in [0.2, 0.25) is 0 Å². The Morgan fingerprint density at radius 2 is 2.24 bits per heavy atom. The quantitative estimate of drug-likeness (QED) is 0.245. The Hall–Kier alpha value is -2.25. The van der Waals surface area contributed by atoms with E-state index in [0.717, 1.165) is 10.6 Å². The number of thioether (sulfide) groups is 1. The molecule has 2 rings (SSSR count). The summed E-state index contributed by atoms with van der Waals surface area (Å²) < 4.78 is 5.60. The number of nitrogens with one attached hydrogen (secondary N) is 1. The number of carbonyl (C=O) groups is 1. The van der Waals surface area contributed by atoms with Crippen molar-refractivity contribution >= 4 is 23.4 Å². The monoisotopic (exact) mass is 304 g/mol. The van der Waals surface area contributed by atoms with Gasteiger partial charge in [0.1, 0.15) is 5.75 Å². The van der Waals surface area contributed by atoms with Crippen LogP contribution >= 0.6 is 11.8 Å². The number of nitrogens with zero attached hydrogens (tertiary/aromatic N) is 1. The molecule has 1 amide bonds. The molecule has 1 heterocycles. The van der Waals surface area contributed by atoms with E-state index in [2.05, 4.69) is 10.4 Å². The van der Waals surface area contributed by atoms with Crippen molar-refractivity contribution in [3.8, 4) is 5.75 Å². The van der Waals surface area contributed by atoms with Gasteiger partial charge in [0.25, 0.3) is 5.91 Å². The van der Waals surface area contributed by atoms with Crippen molar-refractivity contribution in [1.82, 2.24) is 10.4 Å². The van der Waals surface area contributed by atoms with Gasteiger partial charge in [-0.05, 0) is 24.3 Å². The highest BCUT2D eigenvalue weighted by atomic mass is 32.2. The first-order valence-electron chi connectivity index (χ1n) is 6.27. The molecule has 0 aliphatic rings. The summed E-state index contributed by atoms with van der Waals surface area (Å²) in [5, 5.41) is 0. The molecule has 0 aliphatic carbocycles. The van der Waals surface area contributed by atoms with E-state index in [1.165, 1.54) is 0 Å². The van der Waals surface area contributed by atoms with E-state index < -0.39 is 0 Å². The Bertz CT molecular complexity index is 621. The Labute approximate surface area is 126 Å². The van der Waals surface area contributed by atoms with Crippen LogP contribution in [-0.4, -0.2) is 23.3 Å². The predicted octanol–water partition coefficient (Wildman–Crippen LogP) is 1.44. The average molecular weight is 304 g/mol. The molecule has 0 bridgehead atoms. The standard InChI is InChI=1S/C14H16N4O2S/c15-12-9-17-5-4-13(12)21-7-6-20-11-3-1-2-10(8-11)14(19)18-16/h1-5,8-9H,6-7,15-16H2,(H,18,19). The van der Waals surface area contributed by atoms with E-state index in [4.69, 9.17) is 16.3 Å². The summed E-state index contributed by atoms with van der Waals surface area (Å²) in [7, 11) is 0. The number of aromatic nitrogens is 1. The molecule has 0 unspecified atom stereocenters. The molecule has 110 valence electrons. The van der Waals surface area contributed by atoms with E-state index in [-0.39, 0.29) is 5.91 Å². The highest BCUT2D eigenvalue weighted by Gasteiger charge is 2.05. The van der Waals surface area contributed by atoms with Gasteiger partial charge in [0.05, 0.1) is 18.5 Å². The van der Waals surface area contributed by atoms with Crippen LogP contribution in [0.4, 0.5) is 5.69 Å². The van der Waals surface area contributed by atoms with Crippen molar-refractivity contribution in [2.45, 2.75) is 4.90 Å². The first-order valence-corrected chi connectivity index (χ1v) is 7.25. The molecule has 7 heteroatoms. The fraction of sp³-hybridized carbons (Fsp3) is 0.143. The minimum Gasteiger partial charge on any atom is -0.493 e. The van der Waals surface area contributed by atoms with Crippen molar-refractivity contribution in [2.75, 3.05) is 18.1 Å². The number of amides is 1. The lowest BCUT2D eigenvalue weighted by Crippen LogP contribution is -2.29. The molecule has 6 nitrogen and oxygen atoms in total. The number of carbonyl (C=O) groups excluding carboxylic acids is 1. The number of hydrogen-bond acceptors (Lipinski definition) is 6. The molecule has 5 N–H and O–H groups in total. The van der Waals surface area contributed by atoms with E-state index in [1.54, 1.807) is 48.4 Å². The van der Waals surface area contributed by atoms with Gasteiger partial charge >= 0.3 is 0 Å². The maximum Gasteiger partial charge on any atom is 0.265 e. The number of pyridine rings is 1. The number of rotatable bonds is 6. The smallest absolute Gasteiger partial charge is 0.265 e. The highest BCUT2D eigenvalue weighted by Crippen LogP contribution is 2.23. The molecule has 0 spiro atoms. The van der Waals surface area contributed by atoms with Crippen LogP contribution in [0.25, 0.3) is 0 Å². The molecule has 0 atom stereocenters. The summed E-state index contributed by atoms with van der Waals surface area (Å²) in [6.45, 7) is 0.500. The number of nitrogens with two attached hydrogens (primary N) is 2. The van der Waals surface area contributed by atoms with Crippen molar-refractivity contribution in [1.29, 1.82) is 0 Å². The normalized spacial score (nSPS) is 10.1. The molecule has 21 heavy (non-hydrogen) atoms. The first-order chi connectivity index (χ1) is 10.2. The summed E-state index contributed by atoms with van der Waals surface area (Å²) in [5.74, 6) is 6.11. The summed E-state index contributed by atoms with van der Waals surface area (Å²) >= 11 is 1.59. The Kier molecular flexibility index (Phi) is 5.42. The van der Waals surface area contributed by atoms with E-state index in [1.807, 2.05) is 6.07 Å². The molecular formula is C14H16N4O2S. The van der Waals surface area contributed by atoms with Gasteiger partial charge in [0.15, 0.2) is 0 Å². The fourth-order valence-electron chi connectivity index (χ4n) is 1.65. The molecule has 1 aromatic heterocycles. The predicted molar refractivity (Wildman–Crippen MR) is 83.0 cm³/mol. The number of hydrazine groups is 1. The highest BCUT2D eigenvalue weighted by molar-refractivity contribution is 7.99. The minimum atomic E-state index is -0.348. The van der Waals surface area contributed by atoms with Crippen molar-refractivity contribution in [2.24, 2.45) is 5.84 Å². The summed E-state index contributed by atoms with van der Waals surface area (Å²) in [5.41, 5.74) is 9.00. The lowest BCUT2D eigenvalue weighted by Gasteiger charge is -2.08. The van der Waals surface area contributed by atoms with Crippen LogP contribution in [0.2, 0.25) is 0 Å². The summed E-state index contributed by atoms with van der Waals surface area (Å²) in [6, 6.07) is 8.72. The maximum absolute atomic E-state index is 11.4. The zero-order valence-electron chi connectivity index (χ0n) is 11.3. The zero-order valence-corrected chi connectivity index (χ0v) is 12.1. The SMILES string of the molecule is NNC(=O)c1cccc(OCCSc2ccncc2N)c1. The van der Waals surface area contributed by atoms with Gasteiger partial charge in [-0.15, -0.1) is 11.8 Å². The van der Waals surface area contributed by atoms with Crippen LogP contribution < -0.4 is 21.7 Å². The number of ether oxygens (including phenoxy) is 1. The molecule has 0 fully saturated rings. The van der Waals surface area contributed by atoms with Crippen LogP contribution in [-0.2, 0) is 0 Å². The number of anilines is 1.